The molecule has 1 fully saturated rings. The number of carbonyl (C=O) groups is 3. The van der Waals surface area contributed by atoms with E-state index in [9.17, 15) is 19.5 Å². The van der Waals surface area contributed by atoms with Gasteiger partial charge in [0.2, 0.25) is 17.7 Å². The first-order chi connectivity index (χ1) is 22.7. The van der Waals surface area contributed by atoms with Gasteiger partial charge < -0.3 is 30.7 Å². The molecule has 3 aromatic rings. The van der Waals surface area contributed by atoms with Crippen molar-refractivity contribution in [3.63, 3.8) is 0 Å². The molecule has 1 saturated heterocycles. The Hall–Kier alpha value is -4.21. The summed E-state index contributed by atoms with van der Waals surface area (Å²) < 4.78 is 5.33. The number of amides is 3. The van der Waals surface area contributed by atoms with Crippen LogP contribution in [0.4, 0.5) is 0 Å². The number of rotatable bonds is 17. The monoisotopic (exact) mass is 642 g/mol. The van der Waals surface area contributed by atoms with Gasteiger partial charge in [-0.2, -0.15) is 0 Å². The van der Waals surface area contributed by atoms with E-state index in [-0.39, 0.29) is 30.2 Å². The molecular formula is C38H50N4O5. The second kappa shape index (κ2) is 17.1. The maximum atomic E-state index is 14.3. The van der Waals surface area contributed by atoms with Crippen molar-refractivity contribution in [2.45, 2.75) is 83.1 Å². The number of aliphatic hydroxyl groups excluding tert-OH is 1. The Morgan fingerprint density at radius 2 is 1.64 bits per heavy atom. The van der Waals surface area contributed by atoms with Crippen LogP contribution < -0.4 is 20.7 Å². The summed E-state index contributed by atoms with van der Waals surface area (Å²) in [5.41, 5.74) is 2.00. The van der Waals surface area contributed by atoms with Gasteiger partial charge in [0.05, 0.1) is 19.3 Å². The van der Waals surface area contributed by atoms with E-state index in [4.69, 9.17) is 4.74 Å². The third-order valence-electron chi connectivity index (χ3n) is 9.38. The fourth-order valence-corrected chi connectivity index (χ4v) is 6.51. The van der Waals surface area contributed by atoms with Crippen molar-refractivity contribution in [3.05, 3.63) is 102 Å². The zero-order chi connectivity index (χ0) is 33.8. The Kier molecular flexibility index (Phi) is 13.0. The number of ether oxygens (including phenoxy) is 1. The van der Waals surface area contributed by atoms with Crippen LogP contribution in [0.1, 0.15) is 56.7 Å². The molecule has 3 amide bonds. The summed E-state index contributed by atoms with van der Waals surface area (Å²) in [7, 11) is 1.63. The lowest BCUT2D eigenvalue weighted by Gasteiger charge is -2.36. The summed E-state index contributed by atoms with van der Waals surface area (Å²) in [5.74, 6) is -0.156. The highest BCUT2D eigenvalue weighted by atomic mass is 16.5. The van der Waals surface area contributed by atoms with Crippen molar-refractivity contribution in [2.75, 3.05) is 20.2 Å². The summed E-state index contributed by atoms with van der Waals surface area (Å²) in [5, 5.41) is 20.9. The molecule has 1 aliphatic heterocycles. The van der Waals surface area contributed by atoms with Gasteiger partial charge in [-0.05, 0) is 60.4 Å². The van der Waals surface area contributed by atoms with Crippen molar-refractivity contribution in [2.24, 2.45) is 5.92 Å². The summed E-state index contributed by atoms with van der Waals surface area (Å²) in [4.78, 5) is 42.5. The zero-order valence-electron chi connectivity index (χ0n) is 28.1. The third-order valence-corrected chi connectivity index (χ3v) is 9.38. The molecule has 1 heterocycles. The minimum Gasteiger partial charge on any atom is -0.497 e. The number of likely N-dealkylation sites (tertiary alicyclic amines) is 1. The summed E-state index contributed by atoms with van der Waals surface area (Å²) in [6.45, 7) is 6.51. The Balaban J connectivity index is 1.56. The molecule has 1 aliphatic rings. The lowest BCUT2D eigenvalue weighted by molar-refractivity contribution is -0.144. The summed E-state index contributed by atoms with van der Waals surface area (Å²) >= 11 is 0. The molecule has 0 radical (unpaired) electrons. The van der Waals surface area contributed by atoms with Gasteiger partial charge in [-0.1, -0.05) is 93.1 Å². The van der Waals surface area contributed by atoms with E-state index in [1.165, 1.54) is 6.92 Å². The SMILES string of the molecule is CC[C@H](C)[C@@]1(NC(C)=O)CCN(C(CCc2ccccc2)C(=O)N[C@@H](Cc2ccccc2)[C@H](O)CNCc2cccc(OC)c2)C1=O. The molecular weight excluding hydrogens is 592 g/mol. The average molecular weight is 643 g/mol. The number of methoxy groups -OCH3 is 1. The Morgan fingerprint density at radius 1 is 0.979 bits per heavy atom. The minimum atomic E-state index is -1.06. The van der Waals surface area contributed by atoms with Crippen LogP contribution in [0.2, 0.25) is 0 Å². The Labute approximate surface area is 279 Å². The van der Waals surface area contributed by atoms with E-state index in [0.29, 0.717) is 45.2 Å². The number of aryl methyl sites for hydroxylation is 1. The predicted octanol–water partition coefficient (Wildman–Crippen LogP) is 4.03. The molecule has 0 saturated carbocycles. The number of hydrogen-bond acceptors (Lipinski definition) is 6. The predicted molar refractivity (Wildman–Crippen MR) is 184 cm³/mol. The van der Waals surface area contributed by atoms with Crippen molar-refractivity contribution >= 4 is 17.7 Å². The first kappa shape index (κ1) is 35.6. The quantitative estimate of drug-likeness (QED) is 0.177. The standard InChI is InChI=1S/C38H50N4O5/c1-5-27(2)38(41-28(3)43)21-22-42(37(38)46)34(20-19-29-13-8-6-9-14-29)36(45)40-33(24-30-15-10-7-11-16-30)35(44)26-39-25-31-17-12-18-32(23-31)47-4/h6-18,23,27,33-35,39,44H,5,19-22,24-26H2,1-4H3,(H,40,45)(H,41,43)/t27-,33-,34?,35+,38-/m0/s1. The van der Waals surface area contributed by atoms with E-state index >= 15 is 0 Å². The largest absolute Gasteiger partial charge is 0.497 e. The van der Waals surface area contributed by atoms with Gasteiger partial charge in [-0.25, -0.2) is 0 Å². The van der Waals surface area contributed by atoms with Crippen molar-refractivity contribution in [1.82, 2.24) is 20.9 Å². The molecule has 4 rings (SSSR count). The maximum Gasteiger partial charge on any atom is 0.249 e. The minimum absolute atomic E-state index is 0.106. The fourth-order valence-electron chi connectivity index (χ4n) is 6.51. The molecule has 0 spiro atoms. The van der Waals surface area contributed by atoms with Crippen LogP contribution in [0.15, 0.2) is 84.9 Å². The second-order valence-electron chi connectivity index (χ2n) is 12.6. The number of benzene rings is 3. The van der Waals surface area contributed by atoms with Gasteiger partial charge in [0, 0.05) is 26.6 Å². The average Bonchev–Trinajstić information content (AvgIpc) is 3.40. The fraction of sp³-hybridized carbons (Fsp3) is 0.447. The van der Waals surface area contributed by atoms with E-state index in [1.807, 2.05) is 98.8 Å². The summed E-state index contributed by atoms with van der Waals surface area (Å²) in [6.07, 6.45) is 1.63. The van der Waals surface area contributed by atoms with E-state index in [2.05, 4.69) is 16.0 Å². The van der Waals surface area contributed by atoms with Crippen LogP contribution in [0.25, 0.3) is 0 Å². The molecule has 0 bridgehead atoms. The Morgan fingerprint density at radius 3 is 2.28 bits per heavy atom. The summed E-state index contributed by atoms with van der Waals surface area (Å²) in [6, 6.07) is 26.0. The van der Waals surface area contributed by atoms with E-state index < -0.39 is 23.7 Å². The van der Waals surface area contributed by atoms with Crippen LogP contribution in [0.3, 0.4) is 0 Å². The lowest BCUT2D eigenvalue weighted by atomic mass is 9.81. The maximum absolute atomic E-state index is 14.3. The van der Waals surface area contributed by atoms with Gasteiger partial charge in [-0.15, -0.1) is 0 Å². The Bertz CT molecular complexity index is 1450. The number of nitrogens with zero attached hydrogens (tertiary/aromatic N) is 1. The molecule has 9 heteroatoms. The van der Waals surface area contributed by atoms with Crippen LogP contribution in [0.5, 0.6) is 5.75 Å². The number of nitrogens with one attached hydrogen (secondary N) is 3. The number of carbonyl (C=O) groups excluding carboxylic acids is 3. The number of aliphatic hydroxyl groups is 1. The highest BCUT2D eigenvalue weighted by Gasteiger charge is 2.53. The normalized spacial score (nSPS) is 18.7. The number of hydrogen-bond donors (Lipinski definition) is 4. The molecule has 47 heavy (non-hydrogen) atoms. The van der Waals surface area contributed by atoms with Gasteiger partial charge in [0.1, 0.15) is 17.3 Å². The van der Waals surface area contributed by atoms with Gasteiger partial charge in [0.25, 0.3) is 0 Å². The van der Waals surface area contributed by atoms with Gasteiger partial charge in [-0.3, -0.25) is 14.4 Å². The van der Waals surface area contributed by atoms with Crippen molar-refractivity contribution < 1.29 is 24.2 Å². The van der Waals surface area contributed by atoms with Crippen LogP contribution in [-0.2, 0) is 33.8 Å². The topological polar surface area (TPSA) is 120 Å². The third kappa shape index (κ3) is 9.42. The highest BCUT2D eigenvalue weighted by molar-refractivity contribution is 5.96. The van der Waals surface area contributed by atoms with Crippen LogP contribution >= 0.6 is 0 Å². The molecule has 252 valence electrons. The highest BCUT2D eigenvalue weighted by Crippen LogP contribution is 2.34. The van der Waals surface area contributed by atoms with Crippen molar-refractivity contribution in [1.29, 1.82) is 0 Å². The zero-order valence-corrected chi connectivity index (χ0v) is 28.1. The second-order valence-corrected chi connectivity index (χ2v) is 12.6. The first-order valence-electron chi connectivity index (χ1n) is 16.7. The molecule has 1 unspecified atom stereocenters. The molecule has 3 aromatic carbocycles. The molecule has 0 aromatic heterocycles. The van der Waals surface area contributed by atoms with E-state index in [1.54, 1.807) is 12.0 Å². The smallest absolute Gasteiger partial charge is 0.249 e. The van der Waals surface area contributed by atoms with Gasteiger partial charge in [0.15, 0.2) is 0 Å². The molecule has 9 nitrogen and oxygen atoms in total. The lowest BCUT2D eigenvalue weighted by Crippen LogP contribution is -2.60. The first-order valence-corrected chi connectivity index (χ1v) is 16.7. The van der Waals surface area contributed by atoms with Crippen LogP contribution in [0, 0.1) is 5.92 Å². The molecule has 0 aliphatic carbocycles. The molecule has 5 atom stereocenters. The van der Waals surface area contributed by atoms with Crippen LogP contribution in [-0.4, -0.2) is 71.7 Å². The van der Waals surface area contributed by atoms with E-state index in [0.717, 1.165) is 22.4 Å². The van der Waals surface area contributed by atoms with Gasteiger partial charge >= 0.3 is 0 Å². The van der Waals surface area contributed by atoms with Crippen molar-refractivity contribution in [3.8, 4) is 5.75 Å². The molecule has 4 N–H and O–H groups in total.